The summed E-state index contributed by atoms with van der Waals surface area (Å²) in [5.74, 6) is -0.917. The third-order valence-electron chi connectivity index (χ3n) is 3.99. The maximum absolute atomic E-state index is 11.8. The van der Waals surface area contributed by atoms with Crippen LogP contribution in [0.2, 0.25) is 5.02 Å². The van der Waals surface area contributed by atoms with Crippen molar-refractivity contribution < 1.29 is 19.6 Å². The minimum absolute atomic E-state index is 0.0880. The lowest BCUT2D eigenvalue weighted by Crippen LogP contribution is -2.26. The van der Waals surface area contributed by atoms with E-state index in [1.165, 1.54) is 30.1 Å². The lowest BCUT2D eigenvalue weighted by atomic mass is 10.2. The lowest BCUT2D eigenvalue weighted by Gasteiger charge is -2.06. The first kappa shape index (κ1) is 22.8. The van der Waals surface area contributed by atoms with Crippen molar-refractivity contribution >= 4 is 64.1 Å². The molecule has 3 rings (SSSR count). The molecule has 0 aliphatic carbocycles. The molecule has 12 heteroatoms. The van der Waals surface area contributed by atoms with Gasteiger partial charge in [-0.2, -0.15) is 5.10 Å². The molecule has 31 heavy (non-hydrogen) atoms. The molecule has 2 aromatic carbocycles. The number of nitro groups is 1. The number of carboxylic acids is 1. The highest BCUT2D eigenvalue weighted by Crippen LogP contribution is 2.29. The molecule has 0 spiro atoms. The Morgan fingerprint density at radius 3 is 2.74 bits per heavy atom. The number of amidine groups is 1. The third kappa shape index (κ3) is 6.54. The third-order valence-corrected chi connectivity index (χ3v) is 6.48. The SMILES string of the molecule is O=C(O)CC1SC(=NN=Cc2cc([N+](=O)[O-])ccc2SCc2ccc(Cl)cc2)NC1=O. The summed E-state index contributed by atoms with van der Waals surface area (Å²) >= 11 is 8.34. The highest BCUT2D eigenvalue weighted by Gasteiger charge is 2.32. The van der Waals surface area contributed by atoms with Gasteiger partial charge in [-0.3, -0.25) is 19.7 Å². The topological polar surface area (TPSA) is 134 Å². The second kappa shape index (κ2) is 10.4. The maximum Gasteiger partial charge on any atom is 0.305 e. The van der Waals surface area contributed by atoms with Gasteiger partial charge in [-0.1, -0.05) is 35.5 Å². The van der Waals surface area contributed by atoms with E-state index < -0.39 is 22.0 Å². The first-order chi connectivity index (χ1) is 14.8. The number of nitrogens with one attached hydrogen (secondary N) is 1. The maximum atomic E-state index is 11.8. The number of non-ortho nitro benzene ring substituents is 1. The Bertz CT molecular complexity index is 1080. The Labute approximate surface area is 190 Å². The van der Waals surface area contributed by atoms with Crippen LogP contribution in [0.1, 0.15) is 17.5 Å². The molecular formula is C19H15ClN4O5S2. The average Bonchev–Trinajstić information content (AvgIpc) is 3.06. The van der Waals surface area contributed by atoms with E-state index >= 15 is 0 Å². The molecule has 1 saturated heterocycles. The zero-order valence-corrected chi connectivity index (χ0v) is 18.1. The van der Waals surface area contributed by atoms with Crippen molar-refractivity contribution in [2.45, 2.75) is 22.3 Å². The number of nitrogens with zero attached hydrogens (tertiary/aromatic N) is 3. The van der Waals surface area contributed by atoms with E-state index in [0.717, 1.165) is 22.2 Å². The number of carbonyl (C=O) groups excluding carboxylic acids is 1. The first-order valence-corrected chi connectivity index (χ1v) is 11.0. The molecule has 2 N–H and O–H groups in total. The van der Waals surface area contributed by atoms with Gasteiger partial charge in [0.05, 0.1) is 17.6 Å². The van der Waals surface area contributed by atoms with Gasteiger partial charge in [0.1, 0.15) is 5.25 Å². The molecule has 0 radical (unpaired) electrons. The zero-order valence-electron chi connectivity index (χ0n) is 15.7. The zero-order chi connectivity index (χ0) is 22.4. The number of carboxylic acid groups (broad SMARTS) is 1. The number of nitro benzene ring substituents is 1. The number of hydrogen-bond donors (Lipinski definition) is 2. The summed E-state index contributed by atoms with van der Waals surface area (Å²) in [5, 5.41) is 30.3. The van der Waals surface area contributed by atoms with Gasteiger partial charge in [0.15, 0.2) is 5.17 Å². The fourth-order valence-corrected chi connectivity index (χ4v) is 4.51. The molecule has 2 aromatic rings. The molecule has 0 bridgehead atoms. The summed E-state index contributed by atoms with van der Waals surface area (Å²) in [5.41, 5.74) is 1.44. The predicted octanol–water partition coefficient (Wildman–Crippen LogP) is 3.94. The summed E-state index contributed by atoms with van der Waals surface area (Å²) < 4.78 is 0. The fourth-order valence-electron chi connectivity index (χ4n) is 2.51. The Balaban J connectivity index is 1.75. The van der Waals surface area contributed by atoms with Crippen LogP contribution in [-0.4, -0.2) is 38.5 Å². The number of hydrogen-bond acceptors (Lipinski definition) is 8. The normalized spacial score (nSPS) is 17.3. The largest absolute Gasteiger partial charge is 0.481 e. The van der Waals surface area contributed by atoms with Gasteiger partial charge in [0.25, 0.3) is 5.69 Å². The number of aliphatic carboxylic acids is 1. The average molecular weight is 479 g/mol. The van der Waals surface area contributed by atoms with E-state index in [0.29, 0.717) is 16.3 Å². The van der Waals surface area contributed by atoms with Crippen LogP contribution in [0.5, 0.6) is 0 Å². The van der Waals surface area contributed by atoms with E-state index in [9.17, 15) is 19.7 Å². The van der Waals surface area contributed by atoms with Crippen molar-refractivity contribution in [2.75, 3.05) is 0 Å². The number of thioether (sulfide) groups is 2. The van der Waals surface area contributed by atoms with Gasteiger partial charge in [0, 0.05) is 33.4 Å². The van der Waals surface area contributed by atoms with Crippen LogP contribution in [-0.2, 0) is 15.3 Å². The van der Waals surface area contributed by atoms with E-state index in [-0.39, 0.29) is 17.3 Å². The van der Waals surface area contributed by atoms with E-state index in [1.54, 1.807) is 18.2 Å². The van der Waals surface area contributed by atoms with E-state index in [4.69, 9.17) is 16.7 Å². The van der Waals surface area contributed by atoms with Gasteiger partial charge < -0.3 is 10.4 Å². The van der Waals surface area contributed by atoms with Crippen LogP contribution in [0, 0.1) is 10.1 Å². The van der Waals surface area contributed by atoms with Crippen LogP contribution in [0.4, 0.5) is 5.69 Å². The minimum atomic E-state index is -1.09. The molecule has 1 unspecified atom stereocenters. The lowest BCUT2D eigenvalue weighted by molar-refractivity contribution is -0.384. The number of carbonyl (C=O) groups is 2. The Hall–Kier alpha value is -2.89. The Morgan fingerprint density at radius 1 is 1.32 bits per heavy atom. The molecule has 1 amide bonds. The van der Waals surface area contributed by atoms with Crippen molar-refractivity contribution in [3.8, 4) is 0 Å². The minimum Gasteiger partial charge on any atom is -0.481 e. The summed E-state index contributed by atoms with van der Waals surface area (Å²) in [6, 6.07) is 11.8. The van der Waals surface area contributed by atoms with Crippen LogP contribution in [0.3, 0.4) is 0 Å². The van der Waals surface area contributed by atoms with Crippen molar-refractivity contribution in [3.05, 3.63) is 68.7 Å². The second-order valence-electron chi connectivity index (χ2n) is 6.24. The van der Waals surface area contributed by atoms with Crippen LogP contribution < -0.4 is 5.32 Å². The summed E-state index contributed by atoms with van der Waals surface area (Å²) in [4.78, 5) is 33.9. The smallest absolute Gasteiger partial charge is 0.305 e. The van der Waals surface area contributed by atoms with E-state index in [1.807, 2.05) is 12.1 Å². The van der Waals surface area contributed by atoms with Crippen LogP contribution in [0.25, 0.3) is 0 Å². The van der Waals surface area contributed by atoms with Crippen molar-refractivity contribution in [1.82, 2.24) is 5.32 Å². The summed E-state index contributed by atoms with van der Waals surface area (Å²) in [7, 11) is 0. The number of benzene rings is 2. The number of rotatable bonds is 8. The quantitative estimate of drug-likeness (QED) is 0.254. The number of halogens is 1. The van der Waals surface area contributed by atoms with Crippen LogP contribution >= 0.6 is 35.1 Å². The summed E-state index contributed by atoms with van der Waals surface area (Å²) in [6.07, 6.45) is 1.04. The van der Waals surface area contributed by atoms with Gasteiger partial charge in [-0.05, 0) is 23.8 Å². The van der Waals surface area contributed by atoms with Gasteiger partial charge in [-0.25, -0.2) is 0 Å². The predicted molar refractivity (Wildman–Crippen MR) is 121 cm³/mol. The van der Waals surface area contributed by atoms with Crippen molar-refractivity contribution in [1.29, 1.82) is 0 Å². The number of amides is 1. The molecule has 1 heterocycles. The monoisotopic (exact) mass is 478 g/mol. The van der Waals surface area contributed by atoms with E-state index in [2.05, 4.69) is 15.5 Å². The molecule has 1 aliphatic heterocycles. The first-order valence-electron chi connectivity index (χ1n) is 8.78. The molecule has 1 aliphatic rings. The molecule has 160 valence electrons. The standard InChI is InChI=1S/C19H15ClN4O5S2/c20-13-3-1-11(2-4-13)10-30-15-6-5-14(24(28)29)7-12(15)9-21-23-19-22-18(27)16(31-19)8-17(25)26/h1-7,9,16H,8,10H2,(H,25,26)(H,22,23,27). The van der Waals surface area contributed by atoms with Crippen LogP contribution in [0.15, 0.2) is 57.6 Å². The van der Waals surface area contributed by atoms with Gasteiger partial charge in [-0.15, -0.1) is 16.9 Å². The van der Waals surface area contributed by atoms with Crippen molar-refractivity contribution in [2.24, 2.45) is 10.2 Å². The van der Waals surface area contributed by atoms with Crippen molar-refractivity contribution in [3.63, 3.8) is 0 Å². The highest BCUT2D eigenvalue weighted by molar-refractivity contribution is 8.15. The molecule has 1 fully saturated rings. The molecular weight excluding hydrogens is 464 g/mol. The van der Waals surface area contributed by atoms with Gasteiger partial charge >= 0.3 is 5.97 Å². The fraction of sp³-hybridized carbons (Fsp3) is 0.158. The Kier molecular flexibility index (Phi) is 7.66. The molecule has 0 aromatic heterocycles. The Morgan fingerprint density at radius 2 is 2.06 bits per heavy atom. The summed E-state index contributed by atoms with van der Waals surface area (Å²) in [6.45, 7) is 0. The molecule has 0 saturated carbocycles. The molecule has 9 nitrogen and oxygen atoms in total. The van der Waals surface area contributed by atoms with Gasteiger partial charge in [0.2, 0.25) is 5.91 Å². The molecule has 1 atom stereocenters. The highest BCUT2D eigenvalue weighted by atomic mass is 35.5. The second-order valence-corrected chi connectivity index (χ2v) is 8.88.